The van der Waals surface area contributed by atoms with Gasteiger partial charge in [0.1, 0.15) is 11.9 Å². The highest BCUT2D eigenvalue weighted by atomic mass is 35.5. The zero-order valence-electron chi connectivity index (χ0n) is 15.5. The van der Waals surface area contributed by atoms with Gasteiger partial charge in [0.15, 0.2) is 0 Å². The molecule has 6 nitrogen and oxygen atoms in total. The Morgan fingerprint density at radius 3 is 2.57 bits per heavy atom. The van der Waals surface area contributed by atoms with Crippen LogP contribution in [0.3, 0.4) is 0 Å². The van der Waals surface area contributed by atoms with Crippen molar-refractivity contribution < 1.29 is 14.3 Å². The highest BCUT2D eigenvalue weighted by Crippen LogP contribution is 2.20. The zero-order chi connectivity index (χ0) is 19.8. The fourth-order valence-corrected chi connectivity index (χ4v) is 2.90. The van der Waals surface area contributed by atoms with Gasteiger partial charge in [-0.15, -0.1) is 0 Å². The van der Waals surface area contributed by atoms with Crippen LogP contribution in [0.1, 0.15) is 12.0 Å². The number of amides is 1. The van der Waals surface area contributed by atoms with Gasteiger partial charge in [-0.25, -0.2) is 9.78 Å². The van der Waals surface area contributed by atoms with E-state index < -0.39 is 6.09 Å². The number of hydrogen-bond donors (Lipinski definition) is 1. The third-order valence-electron chi connectivity index (χ3n) is 4.23. The fraction of sp³-hybridized carbons (Fsp3) is 0.238. The Morgan fingerprint density at radius 1 is 1.18 bits per heavy atom. The maximum absolute atomic E-state index is 11.3. The molecule has 3 rings (SSSR count). The van der Waals surface area contributed by atoms with Crippen LogP contribution in [-0.4, -0.2) is 28.9 Å². The van der Waals surface area contributed by atoms with Gasteiger partial charge < -0.3 is 14.0 Å². The average Bonchev–Trinajstić information content (AvgIpc) is 3.22. The first-order valence-electron chi connectivity index (χ1n) is 8.94. The summed E-state index contributed by atoms with van der Waals surface area (Å²) in [5.41, 5.74) is 1.85. The van der Waals surface area contributed by atoms with Crippen molar-refractivity contribution in [1.82, 2.24) is 9.55 Å². The molecule has 2 aromatic carbocycles. The number of nitrogens with one attached hydrogen (secondary N) is 1. The Morgan fingerprint density at radius 2 is 1.93 bits per heavy atom. The van der Waals surface area contributed by atoms with Crippen LogP contribution in [0.15, 0.2) is 67.3 Å². The summed E-state index contributed by atoms with van der Waals surface area (Å²) >= 11 is 5.96. The van der Waals surface area contributed by atoms with E-state index in [0.29, 0.717) is 12.2 Å². The number of methoxy groups -OCH3 is 1. The molecule has 0 aliphatic rings. The Bertz CT molecular complexity index is 865. The number of carbonyl (C=O) groups excluding carboxylic acids is 1. The molecule has 1 atom stereocenters. The number of ether oxygens (including phenoxy) is 2. The Balaban J connectivity index is 1.64. The molecule has 0 bridgehead atoms. The number of imidazole rings is 1. The minimum Gasteiger partial charge on any atom is -0.489 e. The number of nitrogens with zero attached hydrogens (tertiary/aromatic N) is 2. The Labute approximate surface area is 169 Å². The lowest BCUT2D eigenvalue weighted by atomic mass is 10.1. The number of benzene rings is 2. The normalized spacial score (nSPS) is 11.6. The van der Waals surface area contributed by atoms with Crippen LogP contribution >= 0.6 is 11.6 Å². The number of hydrogen-bond acceptors (Lipinski definition) is 4. The summed E-state index contributed by atoms with van der Waals surface area (Å²) in [5, 5.41) is 3.35. The summed E-state index contributed by atoms with van der Waals surface area (Å²) in [4.78, 5) is 15.4. The molecule has 1 aromatic heterocycles. The summed E-state index contributed by atoms with van der Waals surface area (Å²) in [6, 6.07) is 15.1. The smallest absolute Gasteiger partial charge is 0.411 e. The van der Waals surface area contributed by atoms with Crippen molar-refractivity contribution in [2.24, 2.45) is 0 Å². The summed E-state index contributed by atoms with van der Waals surface area (Å²) in [5.74, 6) is 0.733. The van der Waals surface area contributed by atoms with Crippen molar-refractivity contribution in [1.29, 1.82) is 0 Å². The van der Waals surface area contributed by atoms with Crippen LogP contribution < -0.4 is 10.1 Å². The van der Waals surface area contributed by atoms with E-state index in [-0.39, 0.29) is 6.10 Å². The fourth-order valence-electron chi connectivity index (χ4n) is 2.77. The SMILES string of the molecule is COC(=O)Nc1ccc(OC(CCc2ccc(Cl)cc2)Cn2ccnc2)cc1. The molecule has 0 spiro atoms. The van der Waals surface area contributed by atoms with Crippen molar-refractivity contribution >= 4 is 23.4 Å². The van der Waals surface area contributed by atoms with Gasteiger partial charge in [-0.05, 0) is 54.8 Å². The second-order valence-corrected chi connectivity index (χ2v) is 6.74. The molecule has 0 aliphatic carbocycles. The Hall–Kier alpha value is -2.99. The van der Waals surface area contributed by atoms with Crippen molar-refractivity contribution in [2.75, 3.05) is 12.4 Å². The Kier molecular flexibility index (Phi) is 6.92. The molecule has 28 heavy (non-hydrogen) atoms. The summed E-state index contributed by atoms with van der Waals surface area (Å²) in [6.07, 6.45) is 6.62. The third-order valence-corrected chi connectivity index (χ3v) is 4.48. The van der Waals surface area contributed by atoms with E-state index in [1.54, 1.807) is 24.7 Å². The number of carbonyl (C=O) groups is 1. The van der Waals surface area contributed by atoms with E-state index in [4.69, 9.17) is 16.3 Å². The maximum Gasteiger partial charge on any atom is 0.411 e. The largest absolute Gasteiger partial charge is 0.489 e. The van der Waals surface area contributed by atoms with Crippen LogP contribution in [0, 0.1) is 0 Å². The minimum absolute atomic E-state index is 0.0377. The lowest BCUT2D eigenvalue weighted by molar-refractivity contribution is 0.170. The summed E-state index contributed by atoms with van der Waals surface area (Å²) in [7, 11) is 1.33. The zero-order valence-corrected chi connectivity index (χ0v) is 16.3. The van der Waals surface area contributed by atoms with Crippen molar-refractivity contribution in [3.05, 3.63) is 77.8 Å². The molecule has 146 valence electrons. The first-order chi connectivity index (χ1) is 13.6. The quantitative estimate of drug-likeness (QED) is 0.591. The molecule has 1 unspecified atom stereocenters. The van der Waals surface area contributed by atoms with Crippen molar-refractivity contribution in [2.45, 2.75) is 25.5 Å². The molecule has 1 N–H and O–H groups in total. The summed E-state index contributed by atoms with van der Waals surface area (Å²) in [6.45, 7) is 0.690. The van der Waals surface area contributed by atoms with Crippen LogP contribution in [0.4, 0.5) is 10.5 Å². The molecule has 1 amide bonds. The molecular formula is C21H22ClN3O3. The number of rotatable bonds is 8. The van der Waals surface area contributed by atoms with E-state index in [0.717, 1.165) is 23.6 Å². The van der Waals surface area contributed by atoms with Crippen LogP contribution in [0.2, 0.25) is 5.02 Å². The highest BCUT2D eigenvalue weighted by molar-refractivity contribution is 6.30. The summed E-state index contributed by atoms with van der Waals surface area (Å²) < 4.78 is 12.8. The molecule has 0 saturated carbocycles. The highest BCUT2D eigenvalue weighted by Gasteiger charge is 2.13. The van der Waals surface area contributed by atoms with Gasteiger partial charge in [0, 0.05) is 23.1 Å². The number of anilines is 1. The predicted octanol–water partition coefficient (Wildman–Crippen LogP) is 4.80. The minimum atomic E-state index is -0.505. The lowest BCUT2D eigenvalue weighted by Crippen LogP contribution is -2.23. The molecule has 3 aromatic rings. The van der Waals surface area contributed by atoms with E-state index in [2.05, 4.69) is 15.0 Å². The monoisotopic (exact) mass is 399 g/mol. The standard InChI is InChI=1S/C21H22ClN3O3/c1-27-21(26)24-18-7-10-19(11-8-18)28-20(14-25-13-12-23-15-25)9-4-16-2-5-17(22)6-3-16/h2-3,5-8,10-13,15,20H,4,9,14H2,1H3,(H,24,26). The van der Waals surface area contributed by atoms with E-state index in [1.165, 1.54) is 12.7 Å². The van der Waals surface area contributed by atoms with E-state index in [1.807, 2.05) is 47.2 Å². The number of halogens is 1. The molecule has 1 heterocycles. The van der Waals surface area contributed by atoms with Gasteiger partial charge in [-0.3, -0.25) is 5.32 Å². The van der Waals surface area contributed by atoms with Gasteiger partial charge >= 0.3 is 6.09 Å². The van der Waals surface area contributed by atoms with Gasteiger partial charge in [0.25, 0.3) is 0 Å². The molecule has 0 fully saturated rings. The molecule has 7 heteroatoms. The van der Waals surface area contributed by atoms with E-state index in [9.17, 15) is 4.79 Å². The third kappa shape index (κ3) is 6.03. The first-order valence-corrected chi connectivity index (χ1v) is 9.32. The second kappa shape index (κ2) is 9.80. The molecular weight excluding hydrogens is 378 g/mol. The number of aromatic nitrogens is 2. The second-order valence-electron chi connectivity index (χ2n) is 6.31. The molecule has 0 saturated heterocycles. The van der Waals surface area contributed by atoms with Crippen molar-refractivity contribution in [3.63, 3.8) is 0 Å². The molecule has 0 radical (unpaired) electrons. The average molecular weight is 400 g/mol. The van der Waals surface area contributed by atoms with Gasteiger partial charge in [0.2, 0.25) is 0 Å². The topological polar surface area (TPSA) is 65.4 Å². The van der Waals surface area contributed by atoms with Crippen LogP contribution in [0.25, 0.3) is 0 Å². The van der Waals surface area contributed by atoms with Crippen molar-refractivity contribution in [3.8, 4) is 5.75 Å². The maximum atomic E-state index is 11.3. The molecule has 0 aliphatic heterocycles. The first kappa shape index (κ1) is 19.8. The van der Waals surface area contributed by atoms with Gasteiger partial charge in [-0.2, -0.15) is 0 Å². The van der Waals surface area contributed by atoms with Crippen LogP contribution in [0.5, 0.6) is 5.75 Å². The lowest BCUT2D eigenvalue weighted by Gasteiger charge is -2.20. The van der Waals surface area contributed by atoms with Crippen LogP contribution in [-0.2, 0) is 17.7 Å². The number of aryl methyl sites for hydroxylation is 1. The van der Waals surface area contributed by atoms with Gasteiger partial charge in [-0.1, -0.05) is 23.7 Å². The predicted molar refractivity (Wildman–Crippen MR) is 109 cm³/mol. The van der Waals surface area contributed by atoms with Gasteiger partial charge in [0.05, 0.1) is 20.0 Å². The van der Waals surface area contributed by atoms with E-state index >= 15 is 0 Å².